The van der Waals surface area contributed by atoms with Gasteiger partial charge in [-0.05, 0) is 17.0 Å². The Bertz CT molecular complexity index is 249. The van der Waals surface area contributed by atoms with Crippen LogP contribution in [0.25, 0.3) is 0 Å². The van der Waals surface area contributed by atoms with Gasteiger partial charge >= 0.3 is 0 Å². The topological polar surface area (TPSA) is 0 Å². The molecule has 0 heterocycles. The standard InChI is InChI=1S/C12H19Si/c1-12(2,13(3)4)10-11-8-6-5-7-9-11/h5-9H,10H2,1-4H3. The van der Waals surface area contributed by atoms with Gasteiger partial charge in [0.25, 0.3) is 0 Å². The highest BCUT2D eigenvalue weighted by Crippen LogP contribution is 2.32. The third-order valence-electron chi connectivity index (χ3n) is 2.84. The van der Waals surface area contributed by atoms with E-state index in [9.17, 15) is 0 Å². The van der Waals surface area contributed by atoms with Crippen molar-refractivity contribution in [2.45, 2.75) is 38.4 Å². The lowest BCUT2D eigenvalue weighted by Crippen LogP contribution is -2.23. The van der Waals surface area contributed by atoms with Gasteiger partial charge in [-0.25, -0.2) is 0 Å². The lowest BCUT2D eigenvalue weighted by atomic mass is 10.0. The average Bonchev–Trinajstić information content (AvgIpc) is 2.05. The second kappa shape index (κ2) is 4.10. The summed E-state index contributed by atoms with van der Waals surface area (Å²) in [5.41, 5.74) is 1.47. The van der Waals surface area contributed by atoms with E-state index < -0.39 is 0 Å². The van der Waals surface area contributed by atoms with E-state index in [-0.39, 0.29) is 8.80 Å². The van der Waals surface area contributed by atoms with E-state index in [2.05, 4.69) is 57.3 Å². The number of benzene rings is 1. The lowest BCUT2D eigenvalue weighted by Gasteiger charge is -2.28. The molecule has 13 heavy (non-hydrogen) atoms. The molecule has 0 amide bonds. The van der Waals surface area contributed by atoms with Crippen molar-refractivity contribution in [1.82, 2.24) is 0 Å². The highest BCUT2D eigenvalue weighted by Gasteiger charge is 2.23. The van der Waals surface area contributed by atoms with Crippen LogP contribution in [0.5, 0.6) is 0 Å². The van der Waals surface area contributed by atoms with Gasteiger partial charge in [0.05, 0.1) is 0 Å². The second-order valence-electron chi connectivity index (χ2n) is 4.55. The summed E-state index contributed by atoms with van der Waals surface area (Å²) in [5, 5.41) is 0.506. The Hall–Kier alpha value is -0.563. The van der Waals surface area contributed by atoms with E-state index in [0.717, 1.165) is 0 Å². The molecule has 0 fully saturated rings. The van der Waals surface area contributed by atoms with Crippen molar-refractivity contribution in [3.63, 3.8) is 0 Å². The molecule has 71 valence electrons. The van der Waals surface area contributed by atoms with Crippen LogP contribution in [0.15, 0.2) is 30.3 Å². The average molecular weight is 191 g/mol. The van der Waals surface area contributed by atoms with E-state index >= 15 is 0 Å². The van der Waals surface area contributed by atoms with Crippen molar-refractivity contribution < 1.29 is 0 Å². The summed E-state index contributed by atoms with van der Waals surface area (Å²) in [5.74, 6) is 0. The van der Waals surface area contributed by atoms with Crippen molar-refractivity contribution in [2.24, 2.45) is 0 Å². The van der Waals surface area contributed by atoms with Crippen LogP contribution < -0.4 is 0 Å². The van der Waals surface area contributed by atoms with Gasteiger partial charge in [-0.3, -0.25) is 0 Å². The Morgan fingerprint density at radius 2 is 1.62 bits per heavy atom. The molecule has 0 bridgehead atoms. The second-order valence-corrected chi connectivity index (χ2v) is 7.90. The van der Waals surface area contributed by atoms with Crippen molar-refractivity contribution in [3.8, 4) is 0 Å². The smallest absolute Gasteiger partial charge is 0.0477 e. The molecule has 0 unspecified atom stereocenters. The highest BCUT2D eigenvalue weighted by atomic mass is 28.3. The zero-order valence-electron chi connectivity index (χ0n) is 9.09. The minimum absolute atomic E-state index is 0.208. The quantitative estimate of drug-likeness (QED) is 0.638. The molecule has 1 aromatic rings. The summed E-state index contributed by atoms with van der Waals surface area (Å²) < 4.78 is 0. The van der Waals surface area contributed by atoms with Gasteiger partial charge < -0.3 is 0 Å². The van der Waals surface area contributed by atoms with Gasteiger partial charge in [-0.15, -0.1) is 0 Å². The van der Waals surface area contributed by atoms with Crippen LogP contribution in [0.2, 0.25) is 18.1 Å². The molecular formula is C12H19Si. The minimum atomic E-state index is -0.208. The summed E-state index contributed by atoms with van der Waals surface area (Å²) in [7, 11) is -0.208. The Morgan fingerprint density at radius 3 is 2.08 bits per heavy atom. The van der Waals surface area contributed by atoms with Gasteiger partial charge in [0.1, 0.15) is 0 Å². The Balaban J connectivity index is 2.69. The SMILES string of the molecule is C[Si](C)C(C)(C)Cc1ccccc1. The Kier molecular flexibility index (Phi) is 3.31. The van der Waals surface area contributed by atoms with Crippen LogP contribution in [-0.2, 0) is 6.42 Å². The third kappa shape index (κ3) is 3.00. The molecule has 1 rings (SSSR count). The van der Waals surface area contributed by atoms with Crippen molar-refractivity contribution in [1.29, 1.82) is 0 Å². The van der Waals surface area contributed by atoms with Crippen LogP contribution >= 0.6 is 0 Å². The molecule has 0 aliphatic carbocycles. The fourth-order valence-electron chi connectivity index (χ4n) is 1.28. The van der Waals surface area contributed by atoms with Crippen LogP contribution in [0.3, 0.4) is 0 Å². The molecule has 0 nitrogen and oxygen atoms in total. The van der Waals surface area contributed by atoms with Gasteiger partial charge in [-0.1, -0.05) is 57.3 Å². The van der Waals surface area contributed by atoms with Crippen LogP contribution in [0.1, 0.15) is 19.4 Å². The number of rotatable bonds is 3. The van der Waals surface area contributed by atoms with Gasteiger partial charge in [0.15, 0.2) is 0 Å². The molecule has 0 atom stereocenters. The summed E-state index contributed by atoms with van der Waals surface area (Å²) in [6, 6.07) is 10.8. The molecule has 0 aliphatic heterocycles. The monoisotopic (exact) mass is 191 g/mol. The van der Waals surface area contributed by atoms with Crippen LogP contribution in [0.4, 0.5) is 0 Å². The Morgan fingerprint density at radius 1 is 1.08 bits per heavy atom. The first-order chi connectivity index (χ1) is 6.02. The van der Waals surface area contributed by atoms with Crippen LogP contribution in [-0.4, -0.2) is 8.80 Å². The lowest BCUT2D eigenvalue weighted by molar-refractivity contribution is 0.655. The predicted molar refractivity (Wildman–Crippen MR) is 61.7 cm³/mol. The number of hydrogen-bond acceptors (Lipinski definition) is 0. The molecule has 0 aromatic heterocycles. The first-order valence-electron chi connectivity index (χ1n) is 4.87. The van der Waals surface area contributed by atoms with Crippen molar-refractivity contribution in [3.05, 3.63) is 35.9 Å². The third-order valence-corrected chi connectivity index (χ3v) is 5.73. The summed E-state index contributed by atoms with van der Waals surface area (Å²) >= 11 is 0. The molecule has 1 radical (unpaired) electrons. The summed E-state index contributed by atoms with van der Waals surface area (Å²) in [4.78, 5) is 0. The molecule has 0 aliphatic rings. The van der Waals surface area contributed by atoms with Gasteiger partial charge in [-0.2, -0.15) is 0 Å². The van der Waals surface area contributed by atoms with E-state index in [0.29, 0.717) is 5.04 Å². The minimum Gasteiger partial charge on any atom is -0.0709 e. The summed E-state index contributed by atoms with van der Waals surface area (Å²) in [6.45, 7) is 9.56. The van der Waals surface area contributed by atoms with E-state index in [1.807, 2.05) is 0 Å². The normalized spacial score (nSPS) is 12.1. The predicted octanol–water partition coefficient (Wildman–Crippen LogP) is 3.76. The molecule has 1 heteroatoms. The maximum atomic E-state index is 2.40. The molecule has 0 saturated heterocycles. The van der Waals surface area contributed by atoms with E-state index in [1.165, 1.54) is 12.0 Å². The van der Waals surface area contributed by atoms with Gasteiger partial charge in [0.2, 0.25) is 0 Å². The van der Waals surface area contributed by atoms with Gasteiger partial charge in [0, 0.05) is 8.80 Å². The zero-order chi connectivity index (χ0) is 9.90. The van der Waals surface area contributed by atoms with Crippen LogP contribution in [0, 0.1) is 0 Å². The molecular weight excluding hydrogens is 172 g/mol. The number of hydrogen-bond donors (Lipinski definition) is 0. The molecule has 0 spiro atoms. The molecule has 0 saturated carbocycles. The Labute approximate surface area is 83.6 Å². The summed E-state index contributed by atoms with van der Waals surface area (Å²) in [6.07, 6.45) is 1.22. The highest BCUT2D eigenvalue weighted by molar-refractivity contribution is 6.59. The van der Waals surface area contributed by atoms with Crippen molar-refractivity contribution in [2.75, 3.05) is 0 Å². The maximum Gasteiger partial charge on any atom is 0.0477 e. The van der Waals surface area contributed by atoms with Crippen molar-refractivity contribution >= 4 is 8.80 Å². The largest absolute Gasteiger partial charge is 0.0709 e. The maximum absolute atomic E-state index is 2.40. The van der Waals surface area contributed by atoms with E-state index in [1.54, 1.807) is 0 Å². The molecule has 0 N–H and O–H groups in total. The first-order valence-corrected chi connectivity index (χ1v) is 7.37. The fraction of sp³-hybridized carbons (Fsp3) is 0.500. The fourth-order valence-corrected chi connectivity index (χ4v) is 1.84. The van der Waals surface area contributed by atoms with E-state index in [4.69, 9.17) is 0 Å². The first kappa shape index (κ1) is 10.5. The zero-order valence-corrected chi connectivity index (χ0v) is 10.1. The molecule has 1 aromatic carbocycles.